The first kappa shape index (κ1) is 16.6. The third-order valence-electron chi connectivity index (χ3n) is 2.45. The molecule has 0 aromatic heterocycles. The fraction of sp³-hybridized carbons (Fsp3) is 0.500. The zero-order valence-electron chi connectivity index (χ0n) is 10.3. The molecule has 0 bridgehead atoms. The lowest BCUT2D eigenvalue weighted by atomic mass is 10.1. The molecule has 8 heteroatoms. The van der Waals surface area contributed by atoms with Crippen LogP contribution < -0.4 is 10.5 Å². The number of benzene rings is 1. The Labute approximate surface area is 111 Å². The van der Waals surface area contributed by atoms with Gasteiger partial charge < -0.3 is 10.5 Å². The van der Waals surface area contributed by atoms with Gasteiger partial charge in [0.2, 0.25) is 0 Å². The van der Waals surface area contributed by atoms with Crippen LogP contribution in [0.5, 0.6) is 5.75 Å². The number of halogens is 6. The fourth-order valence-electron chi connectivity index (χ4n) is 1.51. The number of hydrogen-bond acceptors (Lipinski definition) is 2. The lowest BCUT2D eigenvalue weighted by Gasteiger charge is -2.15. The van der Waals surface area contributed by atoms with E-state index < -0.39 is 43.1 Å². The lowest BCUT2D eigenvalue weighted by molar-refractivity contribution is -0.141. The van der Waals surface area contributed by atoms with Crippen LogP contribution >= 0.6 is 0 Å². The molecule has 0 amide bonds. The molecule has 0 atom stereocenters. The average Bonchev–Trinajstić information content (AvgIpc) is 2.32. The second-order valence-electron chi connectivity index (χ2n) is 4.10. The summed E-state index contributed by atoms with van der Waals surface area (Å²) in [5.41, 5.74) is 4.48. The maximum atomic E-state index is 12.8. The second-order valence-corrected chi connectivity index (χ2v) is 4.10. The van der Waals surface area contributed by atoms with E-state index in [0.717, 1.165) is 12.1 Å². The standard InChI is InChI=1S/C12H13F6NO/c13-11(14,15)4-1-5-20-10-3-2-8(7-19)6-9(10)12(16,17)18/h2-3,6H,1,4-5,7,19H2. The van der Waals surface area contributed by atoms with E-state index in [0.29, 0.717) is 0 Å². The van der Waals surface area contributed by atoms with Crippen LogP contribution in [0.4, 0.5) is 26.3 Å². The van der Waals surface area contributed by atoms with E-state index in [1.807, 2.05) is 0 Å². The summed E-state index contributed by atoms with van der Waals surface area (Å²) < 4.78 is 78.8. The summed E-state index contributed by atoms with van der Waals surface area (Å²) in [6.45, 7) is -0.512. The van der Waals surface area contributed by atoms with Gasteiger partial charge >= 0.3 is 12.4 Å². The molecule has 1 rings (SSSR count). The predicted molar refractivity (Wildman–Crippen MR) is 60.1 cm³/mol. The van der Waals surface area contributed by atoms with E-state index >= 15 is 0 Å². The second kappa shape index (κ2) is 6.34. The number of ether oxygens (including phenoxy) is 1. The van der Waals surface area contributed by atoms with Gasteiger partial charge in [0.05, 0.1) is 12.2 Å². The maximum absolute atomic E-state index is 12.8. The number of rotatable bonds is 5. The molecule has 1 aromatic carbocycles. The van der Waals surface area contributed by atoms with Crippen molar-refractivity contribution in [2.45, 2.75) is 31.7 Å². The summed E-state index contributed by atoms with van der Waals surface area (Å²) in [4.78, 5) is 0. The van der Waals surface area contributed by atoms with Crippen molar-refractivity contribution in [1.29, 1.82) is 0 Å². The topological polar surface area (TPSA) is 35.2 Å². The molecule has 0 aliphatic carbocycles. The van der Waals surface area contributed by atoms with Gasteiger partial charge in [-0.1, -0.05) is 6.07 Å². The molecule has 0 spiro atoms. The van der Waals surface area contributed by atoms with E-state index in [1.54, 1.807) is 0 Å². The van der Waals surface area contributed by atoms with E-state index in [4.69, 9.17) is 10.5 Å². The predicted octanol–water partition coefficient (Wildman–Crippen LogP) is 3.89. The molecule has 1 aromatic rings. The molecular weight excluding hydrogens is 288 g/mol. The lowest BCUT2D eigenvalue weighted by Crippen LogP contribution is -2.13. The van der Waals surface area contributed by atoms with Gasteiger partial charge in [0.1, 0.15) is 5.75 Å². The molecule has 114 valence electrons. The van der Waals surface area contributed by atoms with Gasteiger partial charge in [-0.15, -0.1) is 0 Å². The highest BCUT2D eigenvalue weighted by Gasteiger charge is 2.34. The Kier molecular flexibility index (Phi) is 5.27. The van der Waals surface area contributed by atoms with Crippen LogP contribution in [0.3, 0.4) is 0 Å². The van der Waals surface area contributed by atoms with Gasteiger partial charge in [-0.05, 0) is 24.1 Å². The Morgan fingerprint density at radius 2 is 1.70 bits per heavy atom. The summed E-state index contributed by atoms with van der Waals surface area (Å²) >= 11 is 0. The summed E-state index contributed by atoms with van der Waals surface area (Å²) in [5.74, 6) is -0.489. The van der Waals surface area contributed by atoms with Crippen molar-refractivity contribution >= 4 is 0 Å². The first-order valence-corrected chi connectivity index (χ1v) is 5.73. The first-order chi connectivity index (χ1) is 9.13. The first-order valence-electron chi connectivity index (χ1n) is 5.73. The average molecular weight is 301 g/mol. The van der Waals surface area contributed by atoms with Gasteiger partial charge in [0.25, 0.3) is 0 Å². The summed E-state index contributed by atoms with van der Waals surface area (Å²) in [7, 11) is 0. The zero-order valence-corrected chi connectivity index (χ0v) is 10.3. The molecule has 0 radical (unpaired) electrons. The normalized spacial score (nSPS) is 12.6. The Morgan fingerprint density at radius 1 is 1.05 bits per heavy atom. The minimum absolute atomic E-state index is 0.0720. The Bertz CT molecular complexity index is 441. The van der Waals surface area contributed by atoms with Crippen molar-refractivity contribution in [2.24, 2.45) is 5.73 Å². The molecule has 0 unspecified atom stereocenters. The Balaban J connectivity index is 2.74. The minimum atomic E-state index is -4.65. The smallest absolute Gasteiger partial charge is 0.419 e. The highest BCUT2D eigenvalue weighted by molar-refractivity contribution is 5.39. The quantitative estimate of drug-likeness (QED) is 0.661. The molecule has 0 heterocycles. The van der Waals surface area contributed by atoms with Crippen molar-refractivity contribution in [3.8, 4) is 5.75 Å². The fourth-order valence-corrected chi connectivity index (χ4v) is 1.51. The van der Waals surface area contributed by atoms with Crippen LogP contribution in [0.25, 0.3) is 0 Å². The molecule has 2 nitrogen and oxygen atoms in total. The van der Waals surface area contributed by atoms with Crippen molar-refractivity contribution in [3.05, 3.63) is 29.3 Å². The summed E-state index contributed by atoms with van der Waals surface area (Å²) in [5, 5.41) is 0. The van der Waals surface area contributed by atoms with Crippen molar-refractivity contribution < 1.29 is 31.1 Å². The zero-order chi connectivity index (χ0) is 15.4. The van der Waals surface area contributed by atoms with E-state index in [9.17, 15) is 26.3 Å². The van der Waals surface area contributed by atoms with Crippen molar-refractivity contribution in [3.63, 3.8) is 0 Å². The van der Waals surface area contributed by atoms with Gasteiger partial charge in [-0.2, -0.15) is 26.3 Å². The molecule has 0 aliphatic rings. The Morgan fingerprint density at radius 3 is 2.20 bits per heavy atom. The van der Waals surface area contributed by atoms with E-state index in [2.05, 4.69) is 0 Å². The Hall–Kier alpha value is -1.44. The third-order valence-corrected chi connectivity index (χ3v) is 2.45. The molecule has 0 fully saturated rings. The summed E-state index contributed by atoms with van der Waals surface area (Å²) in [6.07, 6.45) is -10.5. The summed E-state index contributed by atoms with van der Waals surface area (Å²) in [6, 6.07) is 3.24. The molecule has 0 saturated carbocycles. The highest BCUT2D eigenvalue weighted by atomic mass is 19.4. The van der Waals surface area contributed by atoms with Crippen LogP contribution in [0.2, 0.25) is 0 Å². The minimum Gasteiger partial charge on any atom is -0.493 e. The number of nitrogens with two attached hydrogens (primary N) is 1. The largest absolute Gasteiger partial charge is 0.493 e. The monoisotopic (exact) mass is 301 g/mol. The van der Waals surface area contributed by atoms with Crippen LogP contribution in [0.1, 0.15) is 24.0 Å². The van der Waals surface area contributed by atoms with E-state index in [-0.39, 0.29) is 12.1 Å². The number of alkyl halides is 6. The molecule has 2 N–H and O–H groups in total. The van der Waals surface area contributed by atoms with Crippen molar-refractivity contribution in [1.82, 2.24) is 0 Å². The van der Waals surface area contributed by atoms with Crippen LogP contribution in [0, 0.1) is 0 Å². The molecular formula is C12H13F6NO. The SMILES string of the molecule is NCc1ccc(OCCCC(F)(F)F)c(C(F)(F)F)c1. The van der Waals surface area contributed by atoms with Crippen molar-refractivity contribution in [2.75, 3.05) is 6.61 Å². The van der Waals surface area contributed by atoms with E-state index in [1.165, 1.54) is 6.07 Å². The van der Waals surface area contributed by atoms with Crippen LogP contribution in [-0.2, 0) is 12.7 Å². The van der Waals surface area contributed by atoms with Gasteiger partial charge in [0, 0.05) is 13.0 Å². The third kappa shape index (κ3) is 5.28. The van der Waals surface area contributed by atoms with Crippen LogP contribution in [0.15, 0.2) is 18.2 Å². The highest BCUT2D eigenvalue weighted by Crippen LogP contribution is 2.37. The molecule has 20 heavy (non-hydrogen) atoms. The molecule has 0 aliphatic heterocycles. The molecule has 0 saturated heterocycles. The van der Waals surface area contributed by atoms with Gasteiger partial charge in [-0.3, -0.25) is 0 Å². The van der Waals surface area contributed by atoms with Gasteiger partial charge in [0.15, 0.2) is 0 Å². The maximum Gasteiger partial charge on any atom is 0.419 e. The van der Waals surface area contributed by atoms with Gasteiger partial charge in [-0.25, -0.2) is 0 Å². The van der Waals surface area contributed by atoms with Crippen LogP contribution in [-0.4, -0.2) is 12.8 Å². The number of hydrogen-bond donors (Lipinski definition) is 1.